The van der Waals surface area contributed by atoms with Gasteiger partial charge in [0.25, 0.3) is 11.8 Å². The number of rotatable bonds is 3. The van der Waals surface area contributed by atoms with Crippen LogP contribution in [0.15, 0.2) is 42.5 Å². The fourth-order valence-electron chi connectivity index (χ4n) is 4.37. The van der Waals surface area contributed by atoms with Gasteiger partial charge in [-0.25, -0.2) is 0 Å². The maximum Gasteiger partial charge on any atom is 0.257 e. The van der Waals surface area contributed by atoms with Crippen LogP contribution in [0.5, 0.6) is 0 Å². The lowest BCUT2D eigenvalue weighted by atomic mass is 10.0. The second kappa shape index (κ2) is 7.66. The summed E-state index contributed by atoms with van der Waals surface area (Å²) in [6.45, 7) is 5.74. The summed E-state index contributed by atoms with van der Waals surface area (Å²) in [5, 5.41) is 2.96. The molecule has 0 spiro atoms. The molecule has 2 heterocycles. The third-order valence-corrected chi connectivity index (χ3v) is 5.76. The van der Waals surface area contributed by atoms with Crippen LogP contribution in [0.4, 0.5) is 11.4 Å². The van der Waals surface area contributed by atoms with E-state index in [4.69, 9.17) is 0 Å². The summed E-state index contributed by atoms with van der Waals surface area (Å²) in [4.78, 5) is 30.2. The first-order valence-electron chi connectivity index (χ1n) is 10.2. The number of carbonyl (C=O) groups is 2. The van der Waals surface area contributed by atoms with Gasteiger partial charge in [-0.3, -0.25) is 9.59 Å². The molecule has 1 N–H and O–H groups in total. The van der Waals surface area contributed by atoms with E-state index >= 15 is 0 Å². The molecular formula is C23H27N3O2. The fraction of sp³-hybridized carbons (Fsp3) is 0.391. The summed E-state index contributed by atoms with van der Waals surface area (Å²) in [6.07, 6.45) is 4.44. The Hall–Kier alpha value is -2.82. The van der Waals surface area contributed by atoms with E-state index < -0.39 is 0 Å². The molecule has 1 atom stereocenters. The number of hydrogen-bond donors (Lipinski definition) is 1. The van der Waals surface area contributed by atoms with Crippen LogP contribution in [0, 0.1) is 6.92 Å². The first kappa shape index (κ1) is 18.5. The lowest BCUT2D eigenvalue weighted by Crippen LogP contribution is -2.55. The monoisotopic (exact) mass is 377 g/mol. The molecule has 0 aromatic heterocycles. The zero-order chi connectivity index (χ0) is 19.7. The molecule has 0 aliphatic carbocycles. The SMILES string of the molecule is CCN1c2cc(C(=O)Nc3cccc(C)c3)ccc2C(=O)N2CCCCC[C@@H]21. The molecule has 4 rings (SSSR count). The molecule has 5 nitrogen and oxygen atoms in total. The maximum atomic E-state index is 13.1. The number of benzene rings is 2. The Morgan fingerprint density at radius 2 is 2.00 bits per heavy atom. The number of carbonyl (C=O) groups excluding carboxylic acids is 2. The summed E-state index contributed by atoms with van der Waals surface area (Å²) in [7, 11) is 0. The molecule has 1 saturated heterocycles. The third-order valence-electron chi connectivity index (χ3n) is 5.76. The van der Waals surface area contributed by atoms with E-state index in [-0.39, 0.29) is 18.0 Å². The molecule has 0 radical (unpaired) electrons. The summed E-state index contributed by atoms with van der Waals surface area (Å²) in [6, 6.07) is 13.2. The number of aryl methyl sites for hydroxylation is 1. The van der Waals surface area contributed by atoms with E-state index in [1.54, 1.807) is 6.07 Å². The van der Waals surface area contributed by atoms with Gasteiger partial charge >= 0.3 is 0 Å². The van der Waals surface area contributed by atoms with Gasteiger partial charge in [-0.05, 0) is 69.0 Å². The largest absolute Gasteiger partial charge is 0.351 e. The van der Waals surface area contributed by atoms with Gasteiger partial charge < -0.3 is 15.1 Å². The second-order valence-corrected chi connectivity index (χ2v) is 7.67. The van der Waals surface area contributed by atoms with Crippen molar-refractivity contribution in [2.75, 3.05) is 23.3 Å². The van der Waals surface area contributed by atoms with Crippen molar-refractivity contribution in [3.05, 3.63) is 59.2 Å². The molecule has 2 aromatic rings. The van der Waals surface area contributed by atoms with Gasteiger partial charge in [0.1, 0.15) is 6.17 Å². The smallest absolute Gasteiger partial charge is 0.257 e. The summed E-state index contributed by atoms with van der Waals surface area (Å²) < 4.78 is 0. The van der Waals surface area contributed by atoms with Crippen LogP contribution >= 0.6 is 0 Å². The zero-order valence-electron chi connectivity index (χ0n) is 16.6. The minimum Gasteiger partial charge on any atom is -0.351 e. The molecule has 2 aliphatic rings. The van der Waals surface area contributed by atoms with Crippen LogP contribution in [-0.4, -0.2) is 36.0 Å². The third kappa shape index (κ3) is 3.37. The Labute approximate surface area is 166 Å². The van der Waals surface area contributed by atoms with Crippen molar-refractivity contribution in [2.24, 2.45) is 0 Å². The topological polar surface area (TPSA) is 52.7 Å². The van der Waals surface area contributed by atoms with Crippen molar-refractivity contribution >= 4 is 23.2 Å². The van der Waals surface area contributed by atoms with E-state index in [1.807, 2.05) is 48.2 Å². The number of nitrogens with zero attached hydrogens (tertiary/aromatic N) is 2. The van der Waals surface area contributed by atoms with Gasteiger partial charge in [-0.15, -0.1) is 0 Å². The van der Waals surface area contributed by atoms with Crippen LogP contribution in [0.2, 0.25) is 0 Å². The van der Waals surface area contributed by atoms with Gasteiger partial charge in [0, 0.05) is 24.3 Å². The van der Waals surface area contributed by atoms with Crippen LogP contribution in [0.25, 0.3) is 0 Å². The van der Waals surface area contributed by atoms with Crippen molar-refractivity contribution in [1.29, 1.82) is 0 Å². The number of nitrogens with one attached hydrogen (secondary N) is 1. The molecule has 2 aliphatic heterocycles. The predicted molar refractivity (Wildman–Crippen MR) is 112 cm³/mol. The average Bonchev–Trinajstić information content (AvgIpc) is 2.94. The minimum atomic E-state index is -0.153. The van der Waals surface area contributed by atoms with Gasteiger partial charge in [0.15, 0.2) is 0 Å². The number of hydrogen-bond acceptors (Lipinski definition) is 3. The average molecular weight is 377 g/mol. The van der Waals surface area contributed by atoms with Crippen molar-refractivity contribution in [3.8, 4) is 0 Å². The van der Waals surface area contributed by atoms with Crippen molar-refractivity contribution in [3.63, 3.8) is 0 Å². The highest BCUT2D eigenvalue weighted by Gasteiger charge is 2.37. The summed E-state index contributed by atoms with van der Waals surface area (Å²) in [5.74, 6) is -0.0579. The molecule has 2 amide bonds. The van der Waals surface area contributed by atoms with Crippen LogP contribution < -0.4 is 10.2 Å². The molecule has 0 saturated carbocycles. The quantitative estimate of drug-likeness (QED) is 0.861. The highest BCUT2D eigenvalue weighted by molar-refractivity contribution is 6.08. The van der Waals surface area contributed by atoms with Crippen LogP contribution in [-0.2, 0) is 0 Å². The minimum absolute atomic E-state index is 0.0947. The van der Waals surface area contributed by atoms with Gasteiger partial charge in [0.05, 0.1) is 11.3 Å². The van der Waals surface area contributed by atoms with Crippen molar-refractivity contribution in [2.45, 2.75) is 45.7 Å². The molecule has 146 valence electrons. The van der Waals surface area contributed by atoms with Gasteiger partial charge in [-0.2, -0.15) is 0 Å². The van der Waals surface area contributed by atoms with E-state index in [0.29, 0.717) is 11.1 Å². The van der Waals surface area contributed by atoms with Crippen molar-refractivity contribution in [1.82, 2.24) is 4.90 Å². The zero-order valence-corrected chi connectivity index (χ0v) is 16.6. The second-order valence-electron chi connectivity index (χ2n) is 7.67. The maximum absolute atomic E-state index is 13.1. The van der Waals surface area contributed by atoms with E-state index in [0.717, 1.165) is 49.3 Å². The Balaban J connectivity index is 1.66. The first-order valence-corrected chi connectivity index (χ1v) is 10.2. The Morgan fingerprint density at radius 3 is 2.79 bits per heavy atom. The first-order chi connectivity index (χ1) is 13.6. The Bertz CT molecular complexity index is 908. The van der Waals surface area contributed by atoms with Gasteiger partial charge in [-0.1, -0.05) is 18.6 Å². The number of amides is 2. The molecule has 0 bridgehead atoms. The molecule has 28 heavy (non-hydrogen) atoms. The molecular weight excluding hydrogens is 350 g/mol. The summed E-state index contributed by atoms with van der Waals surface area (Å²) in [5.41, 5.74) is 4.04. The lowest BCUT2D eigenvalue weighted by molar-refractivity contribution is 0.0656. The molecule has 0 unspecified atom stereocenters. The number of anilines is 2. The molecule has 2 aromatic carbocycles. The summed E-state index contributed by atoms with van der Waals surface area (Å²) >= 11 is 0. The molecule has 1 fully saturated rings. The standard InChI is InChI=1S/C23H27N3O2/c1-3-25-20-15-17(22(27)24-18-9-7-8-16(2)14-18)11-12-19(20)23(28)26-13-6-4-5-10-21(25)26/h7-9,11-12,14-15,21H,3-6,10,13H2,1-2H3,(H,24,27)/t21-/m1/s1. The normalized spacial score (nSPS) is 18.9. The van der Waals surface area contributed by atoms with E-state index in [9.17, 15) is 9.59 Å². The van der Waals surface area contributed by atoms with Gasteiger partial charge in [0.2, 0.25) is 0 Å². The van der Waals surface area contributed by atoms with E-state index in [2.05, 4.69) is 17.1 Å². The van der Waals surface area contributed by atoms with E-state index in [1.165, 1.54) is 6.42 Å². The number of fused-ring (bicyclic) bond motifs is 2. The Kier molecular flexibility index (Phi) is 5.07. The van der Waals surface area contributed by atoms with Crippen LogP contribution in [0.1, 0.15) is 58.9 Å². The highest BCUT2D eigenvalue weighted by Crippen LogP contribution is 2.35. The fourth-order valence-corrected chi connectivity index (χ4v) is 4.37. The predicted octanol–water partition coefficient (Wildman–Crippen LogP) is 4.43. The van der Waals surface area contributed by atoms with Crippen LogP contribution in [0.3, 0.4) is 0 Å². The highest BCUT2D eigenvalue weighted by atomic mass is 16.2. The Morgan fingerprint density at radius 1 is 1.14 bits per heavy atom. The lowest BCUT2D eigenvalue weighted by Gasteiger charge is -2.44. The van der Waals surface area contributed by atoms with Crippen molar-refractivity contribution < 1.29 is 9.59 Å². The molecule has 5 heteroatoms.